The van der Waals surface area contributed by atoms with Gasteiger partial charge in [0, 0.05) is 29.7 Å². The predicted molar refractivity (Wildman–Crippen MR) is 96.8 cm³/mol. The van der Waals surface area contributed by atoms with Gasteiger partial charge in [-0.1, -0.05) is 26.2 Å². The fraction of sp³-hybridized carbons (Fsp3) is 0.588. The summed E-state index contributed by atoms with van der Waals surface area (Å²) >= 11 is 1.60. The molecule has 0 saturated heterocycles. The molecule has 1 aliphatic heterocycles. The summed E-state index contributed by atoms with van der Waals surface area (Å²) in [6.07, 6.45) is 5.63. The van der Waals surface area contributed by atoms with Crippen LogP contribution in [0.15, 0.2) is 28.0 Å². The standard InChI is InChI=1S/C17H24N2O3S2/c1-12-10-17(20)18-15-11-14(8-9-16(15)23-12)24(21,22)19(2)13-6-4-3-5-7-13/h8-9,11-13H,3-7,10H2,1-2H3,(H,18,20). The molecule has 132 valence electrons. The van der Waals surface area contributed by atoms with E-state index in [4.69, 9.17) is 0 Å². The number of hydrogen-bond acceptors (Lipinski definition) is 4. The molecule has 1 unspecified atom stereocenters. The molecule has 7 heteroatoms. The molecule has 2 aliphatic rings. The Bertz CT molecular complexity index is 727. The smallest absolute Gasteiger partial charge is 0.243 e. The van der Waals surface area contributed by atoms with Crippen LogP contribution < -0.4 is 5.32 Å². The van der Waals surface area contributed by atoms with E-state index in [9.17, 15) is 13.2 Å². The lowest BCUT2D eigenvalue weighted by Gasteiger charge is -2.30. The molecule has 1 atom stereocenters. The zero-order valence-corrected chi connectivity index (χ0v) is 15.8. The van der Waals surface area contributed by atoms with E-state index in [1.165, 1.54) is 10.7 Å². The molecule has 0 bridgehead atoms. The Labute approximate surface area is 148 Å². The van der Waals surface area contributed by atoms with Crippen LogP contribution in [0.3, 0.4) is 0 Å². The fourth-order valence-electron chi connectivity index (χ4n) is 3.40. The molecule has 1 aromatic carbocycles. The zero-order valence-electron chi connectivity index (χ0n) is 14.1. The van der Waals surface area contributed by atoms with Crippen molar-refractivity contribution in [2.45, 2.75) is 66.5 Å². The van der Waals surface area contributed by atoms with Crippen LogP contribution in [0, 0.1) is 0 Å². The first-order chi connectivity index (χ1) is 11.4. The Balaban J connectivity index is 1.90. The van der Waals surface area contributed by atoms with Crippen LogP contribution in [-0.4, -0.2) is 37.0 Å². The van der Waals surface area contributed by atoms with Crippen molar-refractivity contribution in [3.8, 4) is 0 Å². The van der Waals surface area contributed by atoms with E-state index in [0.29, 0.717) is 12.1 Å². The lowest BCUT2D eigenvalue weighted by molar-refractivity contribution is -0.116. The normalized spacial score (nSPS) is 22.8. The first kappa shape index (κ1) is 17.8. The van der Waals surface area contributed by atoms with Crippen molar-refractivity contribution >= 4 is 33.4 Å². The zero-order chi connectivity index (χ0) is 17.3. The van der Waals surface area contributed by atoms with Crippen molar-refractivity contribution < 1.29 is 13.2 Å². The molecule has 1 N–H and O–H groups in total. The third kappa shape index (κ3) is 3.63. The maximum Gasteiger partial charge on any atom is 0.243 e. The van der Waals surface area contributed by atoms with Gasteiger partial charge in [0.25, 0.3) is 0 Å². The minimum absolute atomic E-state index is 0.0658. The van der Waals surface area contributed by atoms with Crippen molar-refractivity contribution in [2.75, 3.05) is 12.4 Å². The highest BCUT2D eigenvalue weighted by Crippen LogP contribution is 2.37. The Hall–Kier alpha value is -1.05. The maximum atomic E-state index is 13.0. The molecule has 0 radical (unpaired) electrons. The van der Waals surface area contributed by atoms with Gasteiger partial charge in [-0.25, -0.2) is 8.42 Å². The molecule has 1 fully saturated rings. The second-order valence-electron chi connectivity index (χ2n) is 6.65. The molecule has 0 aromatic heterocycles. The summed E-state index contributed by atoms with van der Waals surface area (Å²) in [4.78, 5) is 13.1. The summed E-state index contributed by atoms with van der Waals surface area (Å²) in [6, 6.07) is 5.15. The van der Waals surface area contributed by atoms with Crippen molar-refractivity contribution in [3.63, 3.8) is 0 Å². The second kappa shape index (κ2) is 7.06. The number of sulfonamides is 1. The van der Waals surface area contributed by atoms with Crippen molar-refractivity contribution in [1.82, 2.24) is 4.31 Å². The number of carbonyl (C=O) groups is 1. The molecule has 3 rings (SSSR count). The van der Waals surface area contributed by atoms with Crippen LogP contribution in [0.2, 0.25) is 0 Å². The van der Waals surface area contributed by atoms with Gasteiger partial charge in [-0.15, -0.1) is 11.8 Å². The van der Waals surface area contributed by atoms with Crippen LogP contribution in [0.1, 0.15) is 45.4 Å². The number of hydrogen-bond donors (Lipinski definition) is 1. The topological polar surface area (TPSA) is 66.5 Å². The number of nitrogens with one attached hydrogen (secondary N) is 1. The average Bonchev–Trinajstić information content (AvgIpc) is 2.70. The lowest BCUT2D eigenvalue weighted by atomic mass is 9.96. The highest BCUT2D eigenvalue weighted by Gasteiger charge is 2.30. The van der Waals surface area contributed by atoms with Crippen LogP contribution in [0.25, 0.3) is 0 Å². The third-order valence-corrected chi connectivity index (χ3v) is 7.88. The van der Waals surface area contributed by atoms with E-state index in [0.717, 1.165) is 30.6 Å². The van der Waals surface area contributed by atoms with Crippen LogP contribution in [0.5, 0.6) is 0 Å². The fourth-order valence-corrected chi connectivity index (χ4v) is 5.89. The van der Waals surface area contributed by atoms with Gasteiger partial charge in [0.2, 0.25) is 15.9 Å². The third-order valence-electron chi connectivity index (χ3n) is 4.79. The molecule has 5 nitrogen and oxygen atoms in total. The number of nitrogens with zero attached hydrogens (tertiary/aromatic N) is 1. The molecule has 1 aliphatic carbocycles. The largest absolute Gasteiger partial charge is 0.325 e. The first-order valence-corrected chi connectivity index (χ1v) is 10.8. The monoisotopic (exact) mass is 368 g/mol. The quantitative estimate of drug-likeness (QED) is 0.887. The van der Waals surface area contributed by atoms with E-state index in [-0.39, 0.29) is 22.1 Å². The molecule has 1 saturated carbocycles. The molecule has 1 heterocycles. The number of benzene rings is 1. The highest BCUT2D eigenvalue weighted by molar-refractivity contribution is 8.00. The second-order valence-corrected chi connectivity index (χ2v) is 10.1. The Kier molecular flexibility index (Phi) is 5.22. The maximum absolute atomic E-state index is 13.0. The van der Waals surface area contributed by atoms with Crippen molar-refractivity contribution in [3.05, 3.63) is 18.2 Å². The minimum Gasteiger partial charge on any atom is -0.325 e. The minimum atomic E-state index is -3.54. The number of rotatable bonds is 3. The summed E-state index contributed by atoms with van der Waals surface area (Å²) in [7, 11) is -1.87. The van der Waals surface area contributed by atoms with Crippen molar-refractivity contribution in [2.24, 2.45) is 0 Å². The molecule has 24 heavy (non-hydrogen) atoms. The van der Waals surface area contributed by atoms with Gasteiger partial charge in [-0.2, -0.15) is 4.31 Å². The van der Waals surface area contributed by atoms with E-state index >= 15 is 0 Å². The number of anilines is 1. The number of fused-ring (bicyclic) bond motifs is 1. The van der Waals surface area contributed by atoms with Gasteiger partial charge in [0.05, 0.1) is 10.6 Å². The summed E-state index contributed by atoms with van der Waals surface area (Å²) in [5.41, 5.74) is 0.604. The summed E-state index contributed by atoms with van der Waals surface area (Å²) in [6.45, 7) is 2.00. The van der Waals surface area contributed by atoms with E-state index in [2.05, 4.69) is 5.32 Å². The van der Waals surface area contributed by atoms with E-state index in [1.807, 2.05) is 13.0 Å². The Morgan fingerprint density at radius 1 is 1.21 bits per heavy atom. The van der Waals surface area contributed by atoms with Gasteiger partial charge < -0.3 is 5.32 Å². The number of amides is 1. The first-order valence-electron chi connectivity index (χ1n) is 8.46. The molecular weight excluding hydrogens is 344 g/mol. The van der Waals surface area contributed by atoms with Crippen LogP contribution in [0.4, 0.5) is 5.69 Å². The van der Waals surface area contributed by atoms with Gasteiger partial charge in [-0.05, 0) is 31.0 Å². The Morgan fingerprint density at radius 3 is 2.62 bits per heavy atom. The van der Waals surface area contributed by atoms with Gasteiger partial charge in [0.1, 0.15) is 0 Å². The number of thioether (sulfide) groups is 1. The molecule has 1 aromatic rings. The molecule has 1 amide bonds. The van der Waals surface area contributed by atoms with Gasteiger partial charge >= 0.3 is 0 Å². The van der Waals surface area contributed by atoms with Crippen molar-refractivity contribution in [1.29, 1.82) is 0 Å². The lowest BCUT2D eigenvalue weighted by Crippen LogP contribution is -2.38. The highest BCUT2D eigenvalue weighted by atomic mass is 32.2. The summed E-state index contributed by atoms with van der Waals surface area (Å²) in [5.74, 6) is -0.0658. The SMILES string of the molecule is CC1CC(=O)Nc2cc(S(=O)(=O)N(C)C3CCCCC3)ccc2S1. The predicted octanol–water partition coefficient (Wildman–Crippen LogP) is 3.46. The Morgan fingerprint density at radius 2 is 1.92 bits per heavy atom. The average molecular weight is 369 g/mol. The van der Waals surface area contributed by atoms with Gasteiger partial charge in [-0.3, -0.25) is 4.79 Å². The summed E-state index contributed by atoms with van der Waals surface area (Å²) in [5, 5.41) is 3.02. The molecular formula is C17H24N2O3S2. The van der Waals surface area contributed by atoms with E-state index in [1.54, 1.807) is 30.9 Å². The van der Waals surface area contributed by atoms with Gasteiger partial charge in [0.15, 0.2) is 0 Å². The summed E-state index contributed by atoms with van der Waals surface area (Å²) < 4.78 is 27.4. The van der Waals surface area contributed by atoms with Crippen LogP contribution >= 0.6 is 11.8 Å². The molecule has 0 spiro atoms. The van der Waals surface area contributed by atoms with E-state index < -0.39 is 10.0 Å². The number of carbonyl (C=O) groups excluding carboxylic acids is 1. The van der Waals surface area contributed by atoms with Crippen LogP contribution in [-0.2, 0) is 14.8 Å².